The maximum Gasteiger partial charge on any atom is 0.267 e. The first-order valence-electron chi connectivity index (χ1n) is 10.7. The quantitative estimate of drug-likeness (QED) is 0.484. The van der Waals surface area contributed by atoms with E-state index in [1.807, 2.05) is 12.1 Å². The van der Waals surface area contributed by atoms with Crippen LogP contribution in [0, 0.1) is 11.3 Å². The van der Waals surface area contributed by atoms with Crippen LogP contribution in [0.5, 0.6) is 0 Å². The first-order valence-corrected chi connectivity index (χ1v) is 10.7. The van der Waals surface area contributed by atoms with E-state index in [0.29, 0.717) is 24.6 Å². The van der Waals surface area contributed by atoms with Crippen molar-refractivity contribution >= 4 is 23.4 Å². The van der Waals surface area contributed by atoms with Crippen molar-refractivity contribution in [1.82, 2.24) is 14.7 Å². The van der Waals surface area contributed by atoms with Gasteiger partial charge in [-0.25, -0.2) is 4.98 Å². The summed E-state index contributed by atoms with van der Waals surface area (Å²) in [5, 5.41) is 12.4. The number of fused-ring (bicyclic) bond motifs is 1. The van der Waals surface area contributed by atoms with Gasteiger partial charge in [0.15, 0.2) is 0 Å². The third-order valence-corrected chi connectivity index (χ3v) is 5.83. The largest absolute Gasteiger partial charge is 0.376 e. The fourth-order valence-corrected chi connectivity index (χ4v) is 3.96. The minimum Gasteiger partial charge on any atom is -0.376 e. The molecule has 9 nitrogen and oxygen atoms in total. The highest BCUT2D eigenvalue weighted by molar-refractivity contribution is 6.02. The normalized spacial score (nSPS) is 20.1. The SMILES string of the molecule is C[NH+]1CCN(c2nc3ccccn3c(=O)c2/C=C(\C#N)C(=O)NC[C@@H]2CCCO2)CC1. The molecule has 2 aromatic heterocycles. The summed E-state index contributed by atoms with van der Waals surface area (Å²) in [4.78, 5) is 34.1. The van der Waals surface area contributed by atoms with E-state index in [1.54, 1.807) is 18.3 Å². The zero-order valence-electron chi connectivity index (χ0n) is 17.6. The predicted octanol–water partition coefficient (Wildman–Crippen LogP) is -0.769. The number of pyridine rings is 1. The third kappa shape index (κ3) is 4.60. The molecule has 0 spiro atoms. The average Bonchev–Trinajstić information content (AvgIpc) is 3.31. The summed E-state index contributed by atoms with van der Waals surface area (Å²) in [6, 6.07) is 7.30. The molecule has 4 heterocycles. The lowest BCUT2D eigenvalue weighted by Crippen LogP contribution is -3.12. The molecule has 4 rings (SSSR count). The lowest BCUT2D eigenvalue weighted by atomic mass is 10.1. The lowest BCUT2D eigenvalue weighted by Gasteiger charge is -2.31. The first kappa shape index (κ1) is 21.0. The van der Waals surface area contributed by atoms with Crippen LogP contribution in [0.1, 0.15) is 18.4 Å². The molecule has 9 heteroatoms. The highest BCUT2D eigenvalue weighted by Gasteiger charge is 2.24. The zero-order valence-corrected chi connectivity index (χ0v) is 17.6. The Labute approximate surface area is 180 Å². The van der Waals surface area contributed by atoms with Crippen LogP contribution >= 0.6 is 0 Å². The summed E-state index contributed by atoms with van der Waals surface area (Å²) in [6.07, 6.45) is 4.85. The predicted molar refractivity (Wildman–Crippen MR) is 116 cm³/mol. The van der Waals surface area contributed by atoms with E-state index in [-0.39, 0.29) is 22.8 Å². The Balaban J connectivity index is 1.70. The first-order chi connectivity index (χ1) is 15.1. The van der Waals surface area contributed by atoms with Gasteiger partial charge in [-0.2, -0.15) is 5.26 Å². The van der Waals surface area contributed by atoms with Crippen molar-refractivity contribution in [2.45, 2.75) is 18.9 Å². The van der Waals surface area contributed by atoms with Gasteiger partial charge in [0.25, 0.3) is 11.5 Å². The van der Waals surface area contributed by atoms with Gasteiger partial charge in [0.1, 0.15) is 23.1 Å². The molecule has 0 saturated carbocycles. The van der Waals surface area contributed by atoms with Gasteiger partial charge in [-0.05, 0) is 31.1 Å². The number of aromatic nitrogens is 2. The molecule has 2 fully saturated rings. The molecule has 0 unspecified atom stereocenters. The molecule has 2 aromatic rings. The number of likely N-dealkylation sites (N-methyl/N-ethyl adjacent to an activating group) is 1. The summed E-state index contributed by atoms with van der Waals surface area (Å²) in [6.45, 7) is 4.38. The van der Waals surface area contributed by atoms with E-state index in [0.717, 1.165) is 39.0 Å². The number of carbonyl (C=O) groups excluding carboxylic acids is 1. The molecule has 31 heavy (non-hydrogen) atoms. The zero-order chi connectivity index (χ0) is 21.8. The van der Waals surface area contributed by atoms with Crippen molar-refractivity contribution in [3.05, 3.63) is 45.9 Å². The molecule has 1 amide bonds. The van der Waals surface area contributed by atoms with Crippen molar-refractivity contribution in [3.63, 3.8) is 0 Å². The Hall–Kier alpha value is -3.22. The fourth-order valence-electron chi connectivity index (χ4n) is 3.96. The second kappa shape index (κ2) is 9.29. The third-order valence-electron chi connectivity index (χ3n) is 5.83. The van der Waals surface area contributed by atoms with E-state index in [1.165, 1.54) is 15.4 Å². The maximum absolute atomic E-state index is 13.3. The fraction of sp³-hybridized carbons (Fsp3) is 0.455. The number of rotatable bonds is 5. The van der Waals surface area contributed by atoms with Crippen molar-refractivity contribution in [3.8, 4) is 6.07 Å². The number of hydrogen-bond donors (Lipinski definition) is 2. The van der Waals surface area contributed by atoms with Crippen LogP contribution in [0.25, 0.3) is 11.7 Å². The molecule has 2 N–H and O–H groups in total. The Bertz CT molecular complexity index is 1090. The Morgan fingerprint density at radius 1 is 1.42 bits per heavy atom. The molecule has 162 valence electrons. The molecule has 1 atom stereocenters. The smallest absolute Gasteiger partial charge is 0.267 e. The van der Waals surface area contributed by atoms with Crippen LogP contribution in [0.3, 0.4) is 0 Å². The van der Waals surface area contributed by atoms with E-state index in [4.69, 9.17) is 9.72 Å². The van der Waals surface area contributed by atoms with Crippen LogP contribution in [0.2, 0.25) is 0 Å². The van der Waals surface area contributed by atoms with E-state index in [9.17, 15) is 14.9 Å². The minimum atomic E-state index is -0.510. The highest BCUT2D eigenvalue weighted by Crippen LogP contribution is 2.19. The van der Waals surface area contributed by atoms with Gasteiger partial charge < -0.3 is 19.9 Å². The number of quaternary nitrogens is 1. The Kier molecular flexibility index (Phi) is 6.30. The van der Waals surface area contributed by atoms with E-state index >= 15 is 0 Å². The van der Waals surface area contributed by atoms with Gasteiger partial charge in [0.05, 0.1) is 44.9 Å². The molecule has 0 radical (unpaired) electrons. The molecule has 0 aromatic carbocycles. The number of nitriles is 1. The van der Waals surface area contributed by atoms with Gasteiger partial charge in [0, 0.05) is 19.3 Å². The standard InChI is InChI=1S/C22H26N6O3/c1-26-8-10-27(11-9-26)20-18(22(30)28-7-3-2-6-19(28)25-20)13-16(14-23)21(29)24-15-17-5-4-12-31-17/h2-3,6-7,13,17H,4-5,8-12,15H2,1H3,(H,24,29)/p+1/b16-13+/t17-/m0/s1. The Morgan fingerprint density at radius 2 is 2.23 bits per heavy atom. The number of amides is 1. The average molecular weight is 423 g/mol. The number of ether oxygens (including phenoxy) is 1. The molecular formula is C22H27N6O3+. The molecule has 2 aliphatic heterocycles. The summed E-state index contributed by atoms with van der Waals surface area (Å²) < 4.78 is 6.96. The van der Waals surface area contributed by atoms with Gasteiger partial charge >= 0.3 is 0 Å². The lowest BCUT2D eigenvalue weighted by molar-refractivity contribution is -0.880. The van der Waals surface area contributed by atoms with Crippen LogP contribution in [-0.4, -0.2) is 67.8 Å². The summed E-state index contributed by atoms with van der Waals surface area (Å²) in [7, 11) is 2.13. The summed E-state index contributed by atoms with van der Waals surface area (Å²) >= 11 is 0. The van der Waals surface area contributed by atoms with Crippen LogP contribution in [-0.2, 0) is 9.53 Å². The van der Waals surface area contributed by atoms with Gasteiger partial charge in [-0.1, -0.05) is 6.07 Å². The number of nitrogens with zero attached hydrogens (tertiary/aromatic N) is 4. The van der Waals surface area contributed by atoms with E-state index in [2.05, 4.69) is 17.3 Å². The number of carbonyl (C=O) groups is 1. The van der Waals surface area contributed by atoms with Gasteiger partial charge in [0.2, 0.25) is 0 Å². The molecule has 0 bridgehead atoms. The van der Waals surface area contributed by atoms with Crippen molar-refractivity contribution < 1.29 is 14.4 Å². The minimum absolute atomic E-state index is 0.0275. The summed E-state index contributed by atoms with van der Waals surface area (Å²) in [5.41, 5.74) is 0.375. The Morgan fingerprint density at radius 3 is 2.94 bits per heavy atom. The highest BCUT2D eigenvalue weighted by atomic mass is 16.5. The molecule has 0 aliphatic carbocycles. The molecule has 2 aliphatic rings. The second-order valence-electron chi connectivity index (χ2n) is 8.04. The van der Waals surface area contributed by atoms with Crippen LogP contribution in [0.15, 0.2) is 34.8 Å². The van der Waals surface area contributed by atoms with Crippen LogP contribution in [0.4, 0.5) is 5.82 Å². The second-order valence-corrected chi connectivity index (χ2v) is 8.04. The van der Waals surface area contributed by atoms with Crippen molar-refractivity contribution in [2.75, 3.05) is 51.3 Å². The monoisotopic (exact) mass is 423 g/mol. The number of piperazine rings is 1. The van der Waals surface area contributed by atoms with E-state index < -0.39 is 5.91 Å². The van der Waals surface area contributed by atoms with Crippen molar-refractivity contribution in [2.24, 2.45) is 0 Å². The molecular weight excluding hydrogens is 396 g/mol. The number of nitrogens with one attached hydrogen (secondary N) is 2. The topological polar surface area (TPSA) is 104 Å². The van der Waals surface area contributed by atoms with Gasteiger partial charge in [-0.3, -0.25) is 14.0 Å². The van der Waals surface area contributed by atoms with Crippen molar-refractivity contribution in [1.29, 1.82) is 5.26 Å². The van der Waals surface area contributed by atoms with Crippen LogP contribution < -0.4 is 20.7 Å². The number of hydrogen-bond acceptors (Lipinski definition) is 6. The van der Waals surface area contributed by atoms with Gasteiger partial charge in [-0.15, -0.1) is 0 Å². The maximum atomic E-state index is 13.3. The summed E-state index contributed by atoms with van der Waals surface area (Å²) in [5.74, 6) is 0.00714. The number of anilines is 1. The molecule has 2 saturated heterocycles.